The molecular weight excluding hydrogens is 573 g/mol. The molecule has 0 bridgehead atoms. The number of benzene rings is 3. The zero-order valence-corrected chi connectivity index (χ0v) is 26.1. The highest BCUT2D eigenvalue weighted by Gasteiger charge is 2.34. The highest BCUT2D eigenvalue weighted by Crippen LogP contribution is 2.27. The maximum absolute atomic E-state index is 14.1. The summed E-state index contributed by atoms with van der Waals surface area (Å²) in [6.45, 7) is 7.24. The maximum Gasteiger partial charge on any atom is 0.264 e. The summed E-state index contributed by atoms with van der Waals surface area (Å²) in [4.78, 5) is 28.8. The minimum atomic E-state index is -4.30. The SMILES string of the molecule is CCOc1ccc(S(=O)(=O)N(CC(=O)N(Cc2cccc(OC)c2)[C@@H](CC)C(=O)N[C@@H](C)CC)c2ccc(F)cc2)cc1. The van der Waals surface area contributed by atoms with Crippen LogP contribution in [0.15, 0.2) is 77.7 Å². The Hall–Kier alpha value is -4.12. The number of amides is 2. The van der Waals surface area contributed by atoms with Crippen LogP contribution in [-0.2, 0) is 26.2 Å². The molecule has 0 aromatic heterocycles. The molecule has 1 N–H and O–H groups in total. The van der Waals surface area contributed by atoms with E-state index in [9.17, 15) is 22.4 Å². The van der Waals surface area contributed by atoms with Crippen molar-refractivity contribution < 1.29 is 31.9 Å². The standard InChI is InChI=1S/C32H40FN3O6S/c1-6-23(4)34-32(38)30(7-2)35(21-24-10-9-11-28(20-24)41-5)31(37)22-36(26-14-12-25(33)13-15-26)43(39,40)29-18-16-27(17-19-29)42-8-3/h9-20,23,30H,6-8,21-22H2,1-5H3,(H,34,38)/t23-,30-/m0/s1. The first-order valence-corrected chi connectivity index (χ1v) is 15.7. The van der Waals surface area contributed by atoms with E-state index in [1.165, 1.54) is 48.4 Å². The summed E-state index contributed by atoms with van der Waals surface area (Å²) in [5, 5.41) is 2.94. The fourth-order valence-electron chi connectivity index (χ4n) is 4.47. The molecule has 0 aliphatic heterocycles. The van der Waals surface area contributed by atoms with Crippen molar-refractivity contribution in [2.75, 3.05) is 24.6 Å². The van der Waals surface area contributed by atoms with Gasteiger partial charge < -0.3 is 19.7 Å². The molecule has 232 valence electrons. The van der Waals surface area contributed by atoms with Crippen molar-refractivity contribution in [2.24, 2.45) is 0 Å². The minimum Gasteiger partial charge on any atom is -0.497 e. The van der Waals surface area contributed by atoms with Crippen LogP contribution in [0.3, 0.4) is 0 Å². The van der Waals surface area contributed by atoms with Gasteiger partial charge in [-0.2, -0.15) is 0 Å². The average molecular weight is 614 g/mol. The molecule has 3 aromatic carbocycles. The van der Waals surface area contributed by atoms with Crippen LogP contribution in [0.25, 0.3) is 0 Å². The molecule has 0 heterocycles. The first-order valence-electron chi connectivity index (χ1n) is 14.3. The fourth-order valence-corrected chi connectivity index (χ4v) is 5.88. The minimum absolute atomic E-state index is 0.0306. The Bertz CT molecular complexity index is 1470. The molecule has 0 saturated heterocycles. The van der Waals surface area contributed by atoms with Gasteiger partial charge in [0.15, 0.2) is 0 Å². The lowest BCUT2D eigenvalue weighted by molar-refractivity contribution is -0.140. The molecule has 43 heavy (non-hydrogen) atoms. The summed E-state index contributed by atoms with van der Waals surface area (Å²) < 4.78 is 53.5. The lowest BCUT2D eigenvalue weighted by atomic mass is 10.1. The third-order valence-electron chi connectivity index (χ3n) is 6.99. The van der Waals surface area contributed by atoms with E-state index >= 15 is 0 Å². The smallest absolute Gasteiger partial charge is 0.264 e. The van der Waals surface area contributed by atoms with Crippen molar-refractivity contribution in [3.8, 4) is 11.5 Å². The summed E-state index contributed by atoms with van der Waals surface area (Å²) in [6.07, 6.45) is 0.991. The molecule has 2 amide bonds. The highest BCUT2D eigenvalue weighted by molar-refractivity contribution is 7.92. The monoisotopic (exact) mass is 613 g/mol. The summed E-state index contributed by atoms with van der Waals surface area (Å²) in [7, 11) is -2.77. The second-order valence-corrected chi connectivity index (χ2v) is 11.9. The van der Waals surface area contributed by atoms with Gasteiger partial charge in [-0.1, -0.05) is 26.0 Å². The van der Waals surface area contributed by atoms with Gasteiger partial charge in [-0.15, -0.1) is 0 Å². The quantitative estimate of drug-likeness (QED) is 0.254. The molecule has 3 aromatic rings. The van der Waals surface area contributed by atoms with Crippen LogP contribution < -0.4 is 19.1 Å². The van der Waals surface area contributed by atoms with Crippen molar-refractivity contribution in [3.05, 3.63) is 84.2 Å². The van der Waals surface area contributed by atoms with Gasteiger partial charge in [-0.3, -0.25) is 13.9 Å². The molecule has 0 aliphatic rings. The molecular formula is C32H40FN3O6S. The van der Waals surface area contributed by atoms with E-state index < -0.39 is 34.3 Å². The van der Waals surface area contributed by atoms with Gasteiger partial charge in [0.05, 0.1) is 24.3 Å². The van der Waals surface area contributed by atoms with Gasteiger partial charge in [-0.05, 0) is 92.9 Å². The van der Waals surface area contributed by atoms with Crippen molar-refractivity contribution in [3.63, 3.8) is 0 Å². The van der Waals surface area contributed by atoms with Crippen LogP contribution >= 0.6 is 0 Å². The second kappa shape index (κ2) is 15.4. The topological polar surface area (TPSA) is 105 Å². The largest absolute Gasteiger partial charge is 0.497 e. The average Bonchev–Trinajstić information content (AvgIpc) is 3.00. The zero-order valence-electron chi connectivity index (χ0n) is 25.2. The van der Waals surface area contributed by atoms with E-state index in [1.54, 1.807) is 31.2 Å². The van der Waals surface area contributed by atoms with Crippen molar-refractivity contribution in [2.45, 2.75) is 64.1 Å². The van der Waals surface area contributed by atoms with Crippen LogP contribution in [-0.4, -0.2) is 57.5 Å². The van der Waals surface area contributed by atoms with Crippen LogP contribution in [0.2, 0.25) is 0 Å². The third kappa shape index (κ3) is 8.70. The summed E-state index contributed by atoms with van der Waals surface area (Å²) >= 11 is 0. The van der Waals surface area contributed by atoms with Crippen LogP contribution in [0.5, 0.6) is 11.5 Å². The van der Waals surface area contributed by atoms with Crippen LogP contribution in [0, 0.1) is 5.82 Å². The zero-order chi connectivity index (χ0) is 31.6. The predicted octanol–water partition coefficient (Wildman–Crippen LogP) is 5.15. The number of methoxy groups -OCH3 is 1. The number of ether oxygens (including phenoxy) is 2. The van der Waals surface area contributed by atoms with Gasteiger partial charge in [0.1, 0.15) is 29.9 Å². The highest BCUT2D eigenvalue weighted by atomic mass is 32.2. The number of sulfonamides is 1. The first kappa shape index (κ1) is 33.4. The second-order valence-electron chi connectivity index (χ2n) is 10.0. The third-order valence-corrected chi connectivity index (χ3v) is 8.78. The Kier molecular flexibility index (Phi) is 11.9. The fraction of sp³-hybridized carbons (Fsp3) is 0.375. The van der Waals surface area contributed by atoms with E-state index in [2.05, 4.69) is 5.32 Å². The van der Waals surface area contributed by atoms with Gasteiger partial charge in [-0.25, -0.2) is 12.8 Å². The van der Waals surface area contributed by atoms with Crippen LogP contribution in [0.4, 0.5) is 10.1 Å². The number of carbonyl (C=O) groups excluding carboxylic acids is 2. The molecule has 3 rings (SSSR count). The lowest BCUT2D eigenvalue weighted by Gasteiger charge is -2.33. The predicted molar refractivity (Wildman–Crippen MR) is 164 cm³/mol. The number of nitrogens with zero attached hydrogens (tertiary/aromatic N) is 2. The van der Waals surface area contributed by atoms with Gasteiger partial charge >= 0.3 is 0 Å². The Labute approximate surface area is 253 Å². The summed E-state index contributed by atoms with van der Waals surface area (Å²) in [5.41, 5.74) is 0.798. The van der Waals surface area contributed by atoms with E-state index in [-0.39, 0.29) is 29.1 Å². The van der Waals surface area contributed by atoms with Crippen LogP contribution in [0.1, 0.15) is 46.1 Å². The number of halogens is 1. The molecule has 0 radical (unpaired) electrons. The molecule has 0 saturated carbocycles. The number of rotatable bonds is 15. The van der Waals surface area contributed by atoms with Crippen molar-refractivity contribution >= 4 is 27.5 Å². The van der Waals surface area contributed by atoms with E-state index in [0.29, 0.717) is 36.5 Å². The van der Waals surface area contributed by atoms with Crippen molar-refractivity contribution in [1.82, 2.24) is 10.2 Å². The number of nitrogens with one attached hydrogen (secondary N) is 1. The summed E-state index contributed by atoms with van der Waals surface area (Å²) in [5.74, 6) is -0.425. The molecule has 0 unspecified atom stereocenters. The van der Waals surface area contributed by atoms with Crippen molar-refractivity contribution in [1.29, 1.82) is 0 Å². The number of carbonyl (C=O) groups is 2. The lowest BCUT2D eigenvalue weighted by Crippen LogP contribution is -2.53. The van der Waals surface area contributed by atoms with Gasteiger partial charge in [0.2, 0.25) is 11.8 Å². The Morgan fingerprint density at radius 3 is 2.19 bits per heavy atom. The number of hydrogen-bond acceptors (Lipinski definition) is 6. The Morgan fingerprint density at radius 1 is 0.930 bits per heavy atom. The molecule has 0 aliphatic carbocycles. The summed E-state index contributed by atoms with van der Waals surface area (Å²) in [6, 6.07) is 16.8. The normalized spacial score (nSPS) is 12.6. The Balaban J connectivity index is 2.06. The first-order chi connectivity index (χ1) is 20.5. The molecule has 0 spiro atoms. The van der Waals surface area contributed by atoms with E-state index in [4.69, 9.17) is 9.47 Å². The maximum atomic E-state index is 14.1. The molecule has 11 heteroatoms. The molecule has 9 nitrogen and oxygen atoms in total. The van der Waals surface area contributed by atoms with Gasteiger partial charge in [0.25, 0.3) is 10.0 Å². The molecule has 2 atom stereocenters. The van der Waals surface area contributed by atoms with E-state index in [1.807, 2.05) is 20.8 Å². The number of hydrogen-bond donors (Lipinski definition) is 1. The van der Waals surface area contributed by atoms with E-state index in [0.717, 1.165) is 16.4 Å². The molecule has 0 fully saturated rings. The number of anilines is 1. The van der Waals surface area contributed by atoms with Gasteiger partial charge in [0, 0.05) is 12.6 Å². The Morgan fingerprint density at radius 2 is 1.60 bits per heavy atom.